The van der Waals surface area contributed by atoms with Crippen molar-refractivity contribution in [3.63, 3.8) is 0 Å². The highest BCUT2D eigenvalue weighted by molar-refractivity contribution is 6.30. The molecule has 23 heavy (non-hydrogen) atoms. The van der Waals surface area contributed by atoms with E-state index in [0.29, 0.717) is 0 Å². The topological polar surface area (TPSA) is 36.4 Å². The lowest BCUT2D eigenvalue weighted by atomic mass is 10.1. The van der Waals surface area contributed by atoms with E-state index in [-0.39, 0.29) is 5.92 Å². The smallest absolute Gasteiger partial charge is 0.130 e. The zero-order valence-corrected chi connectivity index (χ0v) is 13.7. The number of nitrogens with zero attached hydrogens (tertiary/aromatic N) is 3. The second-order valence-corrected chi connectivity index (χ2v) is 6.20. The Bertz CT molecular complexity index is 642. The van der Waals surface area contributed by atoms with E-state index in [2.05, 4.69) is 20.9 Å². The van der Waals surface area contributed by atoms with Crippen LogP contribution >= 0.6 is 11.6 Å². The van der Waals surface area contributed by atoms with Gasteiger partial charge in [0.2, 0.25) is 0 Å². The van der Waals surface area contributed by atoms with Gasteiger partial charge in [0.05, 0.1) is 11.6 Å². The highest BCUT2D eigenvalue weighted by Crippen LogP contribution is 2.21. The van der Waals surface area contributed by atoms with Crippen LogP contribution in [0.5, 0.6) is 0 Å². The Morgan fingerprint density at radius 3 is 2.61 bits per heavy atom. The van der Waals surface area contributed by atoms with Gasteiger partial charge in [-0.3, -0.25) is 9.88 Å². The number of carbonyl (C=O) groups is 1. The van der Waals surface area contributed by atoms with E-state index in [1.165, 1.54) is 0 Å². The van der Waals surface area contributed by atoms with E-state index < -0.39 is 0 Å². The zero-order valence-electron chi connectivity index (χ0n) is 12.9. The molecular formula is C18H20ClN3O. The average molecular weight is 330 g/mol. The summed E-state index contributed by atoms with van der Waals surface area (Å²) in [5.41, 5.74) is 2.01. The van der Waals surface area contributed by atoms with Crippen LogP contribution in [0.2, 0.25) is 5.02 Å². The monoisotopic (exact) mass is 329 g/mol. The number of hydrogen-bond acceptors (Lipinski definition) is 4. The van der Waals surface area contributed by atoms with Gasteiger partial charge in [-0.15, -0.1) is 0 Å². The molecule has 0 saturated carbocycles. The van der Waals surface area contributed by atoms with Crippen molar-refractivity contribution in [2.75, 3.05) is 37.6 Å². The number of carbonyl (C=O) groups excluding carboxylic acids is 1. The lowest BCUT2D eigenvalue weighted by Crippen LogP contribution is -2.47. The minimum absolute atomic E-state index is 0.158. The van der Waals surface area contributed by atoms with Gasteiger partial charge in [-0.25, -0.2) is 0 Å². The normalized spacial score (nSPS) is 17.0. The number of aldehydes is 1. The number of halogens is 1. The van der Waals surface area contributed by atoms with E-state index in [9.17, 15) is 4.79 Å². The van der Waals surface area contributed by atoms with Crippen molar-refractivity contribution in [1.82, 2.24) is 9.88 Å². The summed E-state index contributed by atoms with van der Waals surface area (Å²) in [4.78, 5) is 20.4. The molecule has 5 heteroatoms. The Kier molecular flexibility index (Phi) is 5.26. The first-order chi connectivity index (χ1) is 11.3. The maximum Gasteiger partial charge on any atom is 0.130 e. The number of hydrogen-bond donors (Lipinski definition) is 0. The average Bonchev–Trinajstić information content (AvgIpc) is 2.61. The number of benzene rings is 1. The molecule has 1 aliphatic heterocycles. The molecule has 1 aliphatic rings. The third-order valence-electron chi connectivity index (χ3n) is 4.23. The van der Waals surface area contributed by atoms with Crippen LogP contribution in [0.25, 0.3) is 0 Å². The molecule has 4 nitrogen and oxygen atoms in total. The number of piperazine rings is 1. The van der Waals surface area contributed by atoms with E-state index in [1.807, 2.05) is 36.4 Å². The summed E-state index contributed by atoms with van der Waals surface area (Å²) in [7, 11) is 0. The van der Waals surface area contributed by atoms with Crippen LogP contribution in [-0.2, 0) is 4.79 Å². The molecular weight excluding hydrogens is 310 g/mol. The summed E-state index contributed by atoms with van der Waals surface area (Å²) in [5.74, 6) is -0.158. The predicted octanol–water partition coefficient (Wildman–Crippen LogP) is 2.84. The lowest BCUT2D eigenvalue weighted by Gasteiger charge is -2.37. The van der Waals surface area contributed by atoms with Gasteiger partial charge in [0.1, 0.15) is 6.29 Å². The van der Waals surface area contributed by atoms with Gasteiger partial charge >= 0.3 is 0 Å². The maximum atomic E-state index is 11.4. The fraction of sp³-hybridized carbons (Fsp3) is 0.333. The van der Waals surface area contributed by atoms with E-state index in [4.69, 9.17) is 11.6 Å². The summed E-state index contributed by atoms with van der Waals surface area (Å²) in [6.45, 7) is 4.47. The van der Waals surface area contributed by atoms with Crippen LogP contribution in [0.4, 0.5) is 5.69 Å². The molecule has 0 aliphatic carbocycles. The molecule has 0 bridgehead atoms. The zero-order chi connectivity index (χ0) is 16.1. The first kappa shape index (κ1) is 16.0. The SMILES string of the molecule is O=CC(CN1CCN(c2cccc(Cl)c2)CC1)c1ccccn1. The van der Waals surface area contributed by atoms with Gasteiger partial charge in [-0.05, 0) is 30.3 Å². The second kappa shape index (κ2) is 7.57. The highest BCUT2D eigenvalue weighted by Gasteiger charge is 2.21. The van der Waals surface area contributed by atoms with Gasteiger partial charge in [0.15, 0.2) is 0 Å². The van der Waals surface area contributed by atoms with E-state index in [1.54, 1.807) is 6.20 Å². The lowest BCUT2D eigenvalue weighted by molar-refractivity contribution is -0.109. The number of aromatic nitrogens is 1. The molecule has 1 atom stereocenters. The first-order valence-corrected chi connectivity index (χ1v) is 8.23. The number of anilines is 1. The van der Waals surface area contributed by atoms with E-state index in [0.717, 1.165) is 55.4 Å². The minimum atomic E-state index is -0.158. The van der Waals surface area contributed by atoms with Gasteiger partial charge < -0.3 is 9.69 Å². The Balaban J connectivity index is 1.57. The van der Waals surface area contributed by atoms with Crippen LogP contribution in [-0.4, -0.2) is 48.9 Å². The van der Waals surface area contributed by atoms with Crippen LogP contribution < -0.4 is 4.90 Å². The highest BCUT2D eigenvalue weighted by atomic mass is 35.5. The fourth-order valence-corrected chi connectivity index (χ4v) is 3.13. The molecule has 0 spiro atoms. The van der Waals surface area contributed by atoms with Crippen LogP contribution in [0.1, 0.15) is 11.6 Å². The van der Waals surface area contributed by atoms with Crippen molar-refractivity contribution in [3.8, 4) is 0 Å². The van der Waals surface area contributed by atoms with Crippen LogP contribution in [0.3, 0.4) is 0 Å². The standard InChI is InChI=1S/C18H20ClN3O/c19-16-4-3-5-17(12-16)22-10-8-21(9-11-22)13-15(14-23)18-6-1-2-7-20-18/h1-7,12,14-15H,8-11,13H2. The van der Waals surface area contributed by atoms with Crippen molar-refractivity contribution in [3.05, 3.63) is 59.4 Å². The summed E-state index contributed by atoms with van der Waals surface area (Å²) < 4.78 is 0. The molecule has 1 aromatic carbocycles. The fourth-order valence-electron chi connectivity index (χ4n) is 2.94. The molecule has 1 unspecified atom stereocenters. The largest absolute Gasteiger partial charge is 0.369 e. The molecule has 1 aromatic heterocycles. The second-order valence-electron chi connectivity index (χ2n) is 5.76. The van der Waals surface area contributed by atoms with Crippen molar-refractivity contribution in [2.45, 2.75) is 5.92 Å². The molecule has 120 valence electrons. The predicted molar refractivity (Wildman–Crippen MR) is 93.1 cm³/mol. The Labute approximate surface area is 141 Å². The summed E-state index contributed by atoms with van der Waals surface area (Å²) in [6, 6.07) is 13.7. The Morgan fingerprint density at radius 2 is 1.96 bits per heavy atom. The molecule has 2 aromatic rings. The van der Waals surface area contributed by atoms with Gasteiger partial charge in [0.25, 0.3) is 0 Å². The van der Waals surface area contributed by atoms with Crippen molar-refractivity contribution in [2.24, 2.45) is 0 Å². The van der Waals surface area contributed by atoms with Crippen LogP contribution in [0, 0.1) is 0 Å². The maximum absolute atomic E-state index is 11.4. The Morgan fingerprint density at radius 1 is 1.13 bits per heavy atom. The summed E-state index contributed by atoms with van der Waals surface area (Å²) in [6.07, 6.45) is 2.74. The number of pyridine rings is 1. The minimum Gasteiger partial charge on any atom is -0.369 e. The Hall–Kier alpha value is -1.91. The van der Waals surface area contributed by atoms with Gasteiger partial charge in [-0.2, -0.15) is 0 Å². The third-order valence-corrected chi connectivity index (χ3v) is 4.47. The van der Waals surface area contributed by atoms with E-state index >= 15 is 0 Å². The van der Waals surface area contributed by atoms with Gasteiger partial charge in [0, 0.05) is 49.6 Å². The third kappa shape index (κ3) is 4.09. The molecule has 1 fully saturated rings. The molecule has 0 radical (unpaired) electrons. The molecule has 1 saturated heterocycles. The summed E-state index contributed by atoms with van der Waals surface area (Å²) in [5, 5.41) is 0.765. The number of rotatable bonds is 5. The molecule has 0 N–H and O–H groups in total. The molecule has 0 amide bonds. The summed E-state index contributed by atoms with van der Waals surface area (Å²) >= 11 is 6.07. The van der Waals surface area contributed by atoms with Crippen LogP contribution in [0.15, 0.2) is 48.7 Å². The van der Waals surface area contributed by atoms with Crippen molar-refractivity contribution in [1.29, 1.82) is 0 Å². The first-order valence-electron chi connectivity index (χ1n) is 7.85. The quantitative estimate of drug-likeness (QED) is 0.790. The van der Waals surface area contributed by atoms with Gasteiger partial charge in [-0.1, -0.05) is 23.7 Å². The van der Waals surface area contributed by atoms with Crippen molar-refractivity contribution >= 4 is 23.6 Å². The van der Waals surface area contributed by atoms with Crippen molar-refractivity contribution < 1.29 is 4.79 Å². The molecule has 3 rings (SSSR count). The molecule has 2 heterocycles.